The number of unbranched alkanes of at least 4 members (excludes halogenated alkanes) is 2. The SMILES string of the molecule is CO.CO.CO.CO.CO.CO.CO.CO.CO.OCCCCCO. The van der Waals surface area contributed by atoms with Crippen LogP contribution in [0.2, 0.25) is 0 Å². The third kappa shape index (κ3) is 864. The summed E-state index contributed by atoms with van der Waals surface area (Å²) in [6, 6.07) is 0. The number of rotatable bonds is 4. The lowest BCUT2D eigenvalue weighted by molar-refractivity contribution is 0.257. The third-order valence-corrected chi connectivity index (χ3v) is 0.816. The first kappa shape index (κ1) is 64.3. The second-order valence-corrected chi connectivity index (χ2v) is 1.51. The maximum Gasteiger partial charge on any atom is 0.0431 e. The zero-order valence-electron chi connectivity index (χ0n) is 17.5. The molecule has 0 amide bonds. The number of aliphatic hydroxyl groups is 11. The molecule has 0 aromatic heterocycles. The van der Waals surface area contributed by atoms with Gasteiger partial charge >= 0.3 is 0 Å². The van der Waals surface area contributed by atoms with E-state index in [-0.39, 0.29) is 13.2 Å². The summed E-state index contributed by atoms with van der Waals surface area (Å²) in [5.74, 6) is 0. The average Bonchev–Trinajstić information content (AvgIpc) is 2.81. The molecule has 0 unspecified atom stereocenters. The maximum absolute atomic E-state index is 8.21. The van der Waals surface area contributed by atoms with Gasteiger partial charge in [-0.2, -0.15) is 0 Å². The van der Waals surface area contributed by atoms with E-state index in [0.717, 1.165) is 83.3 Å². The van der Waals surface area contributed by atoms with Crippen molar-refractivity contribution >= 4 is 0 Å². The van der Waals surface area contributed by atoms with Crippen LogP contribution in [0.5, 0.6) is 0 Å². The smallest absolute Gasteiger partial charge is 0.0431 e. The monoisotopic (exact) mass is 392 g/mol. The molecule has 0 saturated heterocycles. The lowest BCUT2D eigenvalue weighted by Gasteiger charge is -1.90. The van der Waals surface area contributed by atoms with E-state index in [1.807, 2.05) is 0 Å². The molecule has 0 saturated carbocycles. The van der Waals surface area contributed by atoms with Crippen LogP contribution in [-0.4, -0.2) is 133 Å². The Balaban J connectivity index is -0.0000000136. The zero-order chi connectivity index (χ0) is 23.5. The molecule has 11 heteroatoms. The van der Waals surface area contributed by atoms with Crippen LogP contribution in [0.4, 0.5) is 0 Å². The molecule has 11 N–H and O–H groups in total. The molecule has 11 nitrogen and oxygen atoms in total. The summed E-state index contributed by atoms with van der Waals surface area (Å²) in [5.41, 5.74) is 0. The van der Waals surface area contributed by atoms with Crippen molar-refractivity contribution in [1.82, 2.24) is 0 Å². The van der Waals surface area contributed by atoms with Crippen LogP contribution in [0.15, 0.2) is 0 Å². The molecule has 25 heavy (non-hydrogen) atoms. The van der Waals surface area contributed by atoms with Gasteiger partial charge < -0.3 is 56.2 Å². The van der Waals surface area contributed by atoms with Crippen LogP contribution in [0.25, 0.3) is 0 Å². The predicted octanol–water partition coefficient (Wildman–Crippen LogP) is -3.38. The Hall–Kier alpha value is -0.440. The molecular weight excluding hydrogens is 344 g/mol. The molecule has 0 aliphatic carbocycles. The Morgan fingerprint density at radius 2 is 0.400 bits per heavy atom. The van der Waals surface area contributed by atoms with Gasteiger partial charge in [0.25, 0.3) is 0 Å². The molecule has 0 aromatic rings. The van der Waals surface area contributed by atoms with Gasteiger partial charge in [-0.1, -0.05) is 0 Å². The second-order valence-electron chi connectivity index (χ2n) is 1.51. The minimum absolute atomic E-state index is 0.250. The summed E-state index contributed by atoms with van der Waals surface area (Å²) in [7, 11) is 9.00. The molecule has 0 radical (unpaired) electrons. The van der Waals surface area contributed by atoms with Gasteiger partial charge in [0.1, 0.15) is 0 Å². The molecule has 0 bridgehead atoms. The molecule has 0 fully saturated rings. The zero-order valence-corrected chi connectivity index (χ0v) is 17.5. The van der Waals surface area contributed by atoms with Crippen LogP contribution in [0.3, 0.4) is 0 Å². The summed E-state index contributed by atoms with van der Waals surface area (Å²) in [4.78, 5) is 0. The molecular formula is C14H48O11. The molecule has 0 rings (SSSR count). The Labute approximate surface area is 153 Å². The third-order valence-electron chi connectivity index (χ3n) is 0.816. The van der Waals surface area contributed by atoms with Crippen molar-refractivity contribution in [2.24, 2.45) is 0 Å². The lowest BCUT2D eigenvalue weighted by atomic mass is 10.2. The second kappa shape index (κ2) is 577. The van der Waals surface area contributed by atoms with Gasteiger partial charge in [-0.05, 0) is 19.3 Å². The average molecular weight is 393 g/mol. The molecule has 170 valence electrons. The van der Waals surface area contributed by atoms with Crippen molar-refractivity contribution in [3.8, 4) is 0 Å². The largest absolute Gasteiger partial charge is 0.400 e. The highest BCUT2D eigenvalue weighted by molar-refractivity contribution is 4.35. The fourth-order valence-electron chi connectivity index (χ4n) is 0.400. The first-order chi connectivity index (χ1) is 12.4. The van der Waals surface area contributed by atoms with Crippen LogP contribution in [0.1, 0.15) is 19.3 Å². The standard InChI is InChI=1S/C5H12O2.9CH4O/c6-4-2-1-3-5-7;9*1-2/h6-7H,1-5H2;9*2H,1H3. The predicted molar refractivity (Wildman–Crippen MR) is 101 cm³/mol. The fourth-order valence-corrected chi connectivity index (χ4v) is 0.400. The first-order valence-electron chi connectivity index (χ1n) is 6.66. The van der Waals surface area contributed by atoms with E-state index in [2.05, 4.69) is 0 Å². The van der Waals surface area contributed by atoms with Crippen LogP contribution < -0.4 is 0 Å². The Morgan fingerprint density at radius 1 is 0.280 bits per heavy atom. The summed E-state index contributed by atoms with van der Waals surface area (Å²) in [6.07, 6.45) is 2.58. The minimum atomic E-state index is 0.250. The van der Waals surface area contributed by atoms with Crippen molar-refractivity contribution in [2.45, 2.75) is 19.3 Å². The number of hydrogen-bond acceptors (Lipinski definition) is 11. The topological polar surface area (TPSA) is 223 Å². The fraction of sp³-hybridized carbons (Fsp3) is 1.00. The highest BCUT2D eigenvalue weighted by Crippen LogP contribution is 1.90. The summed E-state index contributed by atoms with van der Waals surface area (Å²) >= 11 is 0. The van der Waals surface area contributed by atoms with E-state index in [1.54, 1.807) is 0 Å². The summed E-state index contributed by atoms with van der Waals surface area (Å²) in [6.45, 7) is 0.500. The summed E-state index contributed by atoms with van der Waals surface area (Å²) in [5, 5.41) is 79.4. The van der Waals surface area contributed by atoms with E-state index < -0.39 is 0 Å². The van der Waals surface area contributed by atoms with Crippen molar-refractivity contribution in [2.75, 3.05) is 77.2 Å². The molecule has 0 heterocycles. The van der Waals surface area contributed by atoms with Crippen molar-refractivity contribution in [3.63, 3.8) is 0 Å². The van der Waals surface area contributed by atoms with Gasteiger partial charge in [0.15, 0.2) is 0 Å². The molecule has 0 aliphatic heterocycles. The Kier molecular flexibility index (Phi) is 1480. The van der Waals surface area contributed by atoms with Crippen LogP contribution in [-0.2, 0) is 0 Å². The van der Waals surface area contributed by atoms with Crippen molar-refractivity contribution in [3.05, 3.63) is 0 Å². The number of hydrogen-bond donors (Lipinski definition) is 11. The highest BCUT2D eigenvalue weighted by Gasteiger charge is 1.81. The molecule has 0 spiro atoms. The number of aliphatic hydroxyl groups excluding tert-OH is 11. The van der Waals surface area contributed by atoms with Gasteiger partial charge in [0, 0.05) is 77.2 Å². The van der Waals surface area contributed by atoms with E-state index in [0.29, 0.717) is 0 Å². The molecule has 0 atom stereocenters. The van der Waals surface area contributed by atoms with Crippen molar-refractivity contribution < 1.29 is 56.2 Å². The summed E-state index contributed by atoms with van der Waals surface area (Å²) < 4.78 is 0. The Bertz CT molecular complexity index is 44.0. The van der Waals surface area contributed by atoms with E-state index in [4.69, 9.17) is 56.2 Å². The van der Waals surface area contributed by atoms with Crippen LogP contribution in [0, 0.1) is 0 Å². The normalized spacial score (nSPS) is 4.80. The van der Waals surface area contributed by atoms with Gasteiger partial charge in [-0.3, -0.25) is 0 Å². The quantitative estimate of drug-likeness (QED) is 0.212. The highest BCUT2D eigenvalue weighted by atomic mass is 16.3. The van der Waals surface area contributed by atoms with Gasteiger partial charge in [-0.25, -0.2) is 0 Å². The van der Waals surface area contributed by atoms with Crippen molar-refractivity contribution in [1.29, 1.82) is 0 Å². The lowest BCUT2D eigenvalue weighted by Crippen LogP contribution is -1.85. The van der Waals surface area contributed by atoms with E-state index >= 15 is 0 Å². The van der Waals surface area contributed by atoms with E-state index in [9.17, 15) is 0 Å². The molecule has 0 aromatic carbocycles. The minimum Gasteiger partial charge on any atom is -0.400 e. The Morgan fingerprint density at radius 3 is 0.480 bits per heavy atom. The maximum atomic E-state index is 8.21. The first-order valence-corrected chi connectivity index (χ1v) is 6.66. The van der Waals surface area contributed by atoms with Crippen LogP contribution >= 0.6 is 0 Å². The van der Waals surface area contributed by atoms with E-state index in [1.165, 1.54) is 0 Å². The molecule has 0 aliphatic rings. The van der Waals surface area contributed by atoms with Gasteiger partial charge in [0.05, 0.1) is 0 Å². The van der Waals surface area contributed by atoms with Gasteiger partial charge in [0.2, 0.25) is 0 Å². The van der Waals surface area contributed by atoms with Gasteiger partial charge in [-0.15, -0.1) is 0 Å².